The van der Waals surface area contributed by atoms with E-state index in [4.69, 9.17) is 0 Å². The lowest BCUT2D eigenvalue weighted by Crippen LogP contribution is -2.32. The molecule has 1 unspecified atom stereocenters. The van der Waals surface area contributed by atoms with Crippen molar-refractivity contribution in [1.82, 2.24) is 10.6 Å². The Bertz CT molecular complexity index is 384. The third-order valence-corrected chi connectivity index (χ3v) is 3.41. The van der Waals surface area contributed by atoms with Gasteiger partial charge in [-0.25, -0.2) is 0 Å². The van der Waals surface area contributed by atoms with Crippen LogP contribution in [0.25, 0.3) is 0 Å². The Morgan fingerprint density at radius 2 is 2.38 bits per heavy atom. The zero-order chi connectivity index (χ0) is 10.8. The van der Waals surface area contributed by atoms with E-state index in [-0.39, 0.29) is 0 Å². The third-order valence-electron chi connectivity index (χ3n) is 3.41. The van der Waals surface area contributed by atoms with Crippen LogP contribution in [0, 0.1) is 5.92 Å². The van der Waals surface area contributed by atoms with Crippen molar-refractivity contribution in [3.05, 3.63) is 35.7 Å². The van der Waals surface area contributed by atoms with Crippen LogP contribution < -0.4 is 10.6 Å². The molecule has 3 rings (SSSR count). The summed E-state index contributed by atoms with van der Waals surface area (Å²) in [5, 5.41) is 7.01. The number of rotatable bonds is 2. The largest absolute Gasteiger partial charge is 0.381 e. The second kappa shape index (κ2) is 4.26. The van der Waals surface area contributed by atoms with Gasteiger partial charge in [0.05, 0.1) is 0 Å². The summed E-state index contributed by atoms with van der Waals surface area (Å²) in [5.41, 5.74) is 2.68. The van der Waals surface area contributed by atoms with Crippen molar-refractivity contribution >= 4 is 6.21 Å². The van der Waals surface area contributed by atoms with E-state index in [9.17, 15) is 0 Å². The minimum Gasteiger partial charge on any atom is -0.381 e. The molecule has 3 nitrogen and oxygen atoms in total. The lowest BCUT2D eigenvalue weighted by molar-refractivity contribution is 0.609. The van der Waals surface area contributed by atoms with Crippen molar-refractivity contribution in [3.63, 3.8) is 0 Å². The number of aliphatic imine (C=N–C) groups is 1. The minimum absolute atomic E-state index is 0.479. The van der Waals surface area contributed by atoms with Gasteiger partial charge in [-0.3, -0.25) is 4.99 Å². The maximum absolute atomic E-state index is 4.21. The maximum atomic E-state index is 4.21. The van der Waals surface area contributed by atoms with Crippen molar-refractivity contribution in [1.29, 1.82) is 0 Å². The van der Waals surface area contributed by atoms with Gasteiger partial charge in [0.1, 0.15) is 0 Å². The van der Waals surface area contributed by atoms with E-state index in [1.807, 2.05) is 12.4 Å². The number of fused-ring (bicyclic) bond motifs is 1. The maximum Gasteiger partial charge on any atom is 0.0398 e. The fourth-order valence-electron chi connectivity index (χ4n) is 2.52. The molecule has 0 radical (unpaired) electrons. The molecule has 2 heterocycles. The van der Waals surface area contributed by atoms with Crippen LogP contribution >= 0.6 is 0 Å². The highest BCUT2D eigenvalue weighted by Crippen LogP contribution is 2.26. The lowest BCUT2D eigenvalue weighted by Gasteiger charge is -2.24. The first-order chi connectivity index (χ1) is 7.93. The van der Waals surface area contributed by atoms with Crippen LogP contribution in [0.5, 0.6) is 0 Å². The predicted molar refractivity (Wildman–Crippen MR) is 66.3 cm³/mol. The number of hydrogen-bond donors (Lipinski definition) is 2. The van der Waals surface area contributed by atoms with E-state index >= 15 is 0 Å². The molecule has 1 aliphatic carbocycles. The van der Waals surface area contributed by atoms with E-state index in [0.717, 1.165) is 19.5 Å². The summed E-state index contributed by atoms with van der Waals surface area (Å²) < 4.78 is 0. The topological polar surface area (TPSA) is 36.4 Å². The van der Waals surface area contributed by atoms with E-state index in [1.54, 1.807) is 0 Å². The van der Waals surface area contributed by atoms with Gasteiger partial charge in [0.25, 0.3) is 0 Å². The van der Waals surface area contributed by atoms with Crippen LogP contribution in [0.3, 0.4) is 0 Å². The Kier molecular flexibility index (Phi) is 2.62. The molecule has 16 heavy (non-hydrogen) atoms. The molecule has 3 heteroatoms. The van der Waals surface area contributed by atoms with Gasteiger partial charge in [-0.2, -0.15) is 0 Å². The van der Waals surface area contributed by atoms with E-state index < -0.39 is 0 Å². The second-order valence-electron chi connectivity index (χ2n) is 4.56. The molecule has 2 N–H and O–H groups in total. The molecule has 0 bridgehead atoms. The van der Waals surface area contributed by atoms with Crippen molar-refractivity contribution < 1.29 is 0 Å². The first kappa shape index (κ1) is 9.85. The molecule has 1 fully saturated rings. The summed E-state index contributed by atoms with van der Waals surface area (Å²) in [6, 6.07) is 0.582. The van der Waals surface area contributed by atoms with E-state index in [2.05, 4.69) is 33.9 Å². The molecule has 0 aromatic rings. The molecule has 0 saturated carbocycles. The highest BCUT2D eigenvalue weighted by molar-refractivity contribution is 5.71. The van der Waals surface area contributed by atoms with Gasteiger partial charge in [-0.05, 0) is 37.1 Å². The molecule has 1 saturated heterocycles. The Morgan fingerprint density at radius 3 is 3.25 bits per heavy atom. The van der Waals surface area contributed by atoms with Crippen LogP contribution in [0.1, 0.15) is 12.8 Å². The highest BCUT2D eigenvalue weighted by Gasteiger charge is 2.21. The summed E-state index contributed by atoms with van der Waals surface area (Å²) in [6.45, 7) is 2.21. The van der Waals surface area contributed by atoms with Crippen LogP contribution in [-0.2, 0) is 0 Å². The van der Waals surface area contributed by atoms with Crippen LogP contribution in [0.15, 0.2) is 40.7 Å². The Balaban J connectivity index is 1.81. The Labute approximate surface area is 96.0 Å². The molecular weight excluding hydrogens is 198 g/mol. The zero-order valence-corrected chi connectivity index (χ0v) is 9.32. The fraction of sp³-hybridized carbons (Fsp3) is 0.462. The Hall–Kier alpha value is -1.35. The first-order valence-corrected chi connectivity index (χ1v) is 6.01. The average Bonchev–Trinajstić information content (AvgIpc) is 2.82. The number of nitrogens with zero attached hydrogens (tertiary/aromatic N) is 1. The van der Waals surface area contributed by atoms with Crippen LogP contribution in [-0.4, -0.2) is 25.3 Å². The lowest BCUT2D eigenvalue weighted by atomic mass is 9.89. The summed E-state index contributed by atoms with van der Waals surface area (Å²) in [7, 11) is 0. The highest BCUT2D eigenvalue weighted by atomic mass is 15.0. The zero-order valence-electron chi connectivity index (χ0n) is 9.32. The minimum atomic E-state index is 0.479. The summed E-state index contributed by atoms with van der Waals surface area (Å²) in [5.74, 6) is 0.479. The van der Waals surface area contributed by atoms with Crippen molar-refractivity contribution in [2.45, 2.75) is 18.9 Å². The molecule has 0 aromatic heterocycles. The van der Waals surface area contributed by atoms with Gasteiger partial charge in [0.2, 0.25) is 0 Å². The van der Waals surface area contributed by atoms with Gasteiger partial charge in [0, 0.05) is 36.6 Å². The SMILES string of the molecule is C1=CC(N[C@H]2CCNC2)=C2C=CN=CC2C1. The van der Waals surface area contributed by atoms with Gasteiger partial charge in [0.15, 0.2) is 0 Å². The number of allylic oxidation sites excluding steroid dienone is 4. The average molecular weight is 215 g/mol. The van der Waals surface area contributed by atoms with Gasteiger partial charge in [-0.15, -0.1) is 0 Å². The van der Waals surface area contributed by atoms with Crippen molar-refractivity contribution in [2.75, 3.05) is 13.1 Å². The van der Waals surface area contributed by atoms with Gasteiger partial charge < -0.3 is 10.6 Å². The quantitative estimate of drug-likeness (QED) is 0.730. The molecule has 84 valence electrons. The molecule has 2 atom stereocenters. The van der Waals surface area contributed by atoms with E-state index in [0.29, 0.717) is 12.0 Å². The second-order valence-corrected chi connectivity index (χ2v) is 4.56. The molecule has 0 aromatic carbocycles. The predicted octanol–water partition coefficient (Wildman–Crippen LogP) is 1.37. The first-order valence-electron chi connectivity index (χ1n) is 6.01. The smallest absolute Gasteiger partial charge is 0.0398 e. The number of hydrogen-bond acceptors (Lipinski definition) is 3. The van der Waals surface area contributed by atoms with Crippen LogP contribution in [0.2, 0.25) is 0 Å². The Morgan fingerprint density at radius 1 is 1.38 bits per heavy atom. The van der Waals surface area contributed by atoms with Crippen molar-refractivity contribution in [3.8, 4) is 0 Å². The molecular formula is C13H17N3. The third kappa shape index (κ3) is 1.83. The summed E-state index contributed by atoms with van der Waals surface area (Å²) in [6.07, 6.45) is 12.8. The molecule has 0 amide bonds. The van der Waals surface area contributed by atoms with Crippen molar-refractivity contribution in [2.24, 2.45) is 10.9 Å². The fourth-order valence-corrected chi connectivity index (χ4v) is 2.52. The molecule has 2 aliphatic heterocycles. The van der Waals surface area contributed by atoms with Gasteiger partial charge >= 0.3 is 0 Å². The van der Waals surface area contributed by atoms with Gasteiger partial charge in [-0.1, -0.05) is 6.08 Å². The molecule has 3 aliphatic rings. The number of nitrogens with one attached hydrogen (secondary N) is 2. The monoisotopic (exact) mass is 215 g/mol. The normalized spacial score (nSPS) is 32.0. The van der Waals surface area contributed by atoms with E-state index in [1.165, 1.54) is 17.7 Å². The van der Waals surface area contributed by atoms with Crippen LogP contribution in [0.4, 0.5) is 0 Å². The standard InChI is InChI=1S/C13H17N3/c1-2-10-8-14-7-5-12(10)13(3-1)16-11-4-6-15-9-11/h1,3,5,7-8,10-11,15-16H,2,4,6,9H2/t10?,11-/m0/s1. The molecule has 0 spiro atoms. The summed E-state index contributed by atoms with van der Waals surface area (Å²) >= 11 is 0. The summed E-state index contributed by atoms with van der Waals surface area (Å²) in [4.78, 5) is 4.21.